The highest BCUT2D eigenvalue weighted by molar-refractivity contribution is 7.89. The van der Waals surface area contributed by atoms with Crippen LogP contribution in [0.15, 0.2) is 95.9 Å². The van der Waals surface area contributed by atoms with Crippen LogP contribution in [0.25, 0.3) is 0 Å². The minimum absolute atomic E-state index is 0.125. The van der Waals surface area contributed by atoms with Crippen molar-refractivity contribution < 1.29 is 18.0 Å². The van der Waals surface area contributed by atoms with Gasteiger partial charge in [0.2, 0.25) is 21.8 Å². The fourth-order valence-electron chi connectivity index (χ4n) is 5.37. The van der Waals surface area contributed by atoms with Crippen molar-refractivity contribution in [1.82, 2.24) is 14.5 Å². The third kappa shape index (κ3) is 8.75. The van der Waals surface area contributed by atoms with Gasteiger partial charge in [0.15, 0.2) is 0 Å². The predicted molar refractivity (Wildman–Crippen MR) is 161 cm³/mol. The molecule has 1 fully saturated rings. The van der Waals surface area contributed by atoms with Crippen molar-refractivity contribution in [2.24, 2.45) is 0 Å². The molecule has 2 amide bonds. The number of sulfonamides is 1. The average Bonchev–Trinajstić information content (AvgIpc) is 3.00. The molecule has 1 atom stereocenters. The lowest BCUT2D eigenvalue weighted by Crippen LogP contribution is -2.52. The number of carbonyl (C=O) groups excluding carboxylic acids is 2. The topological polar surface area (TPSA) is 86.8 Å². The van der Waals surface area contributed by atoms with E-state index in [1.807, 2.05) is 60.7 Å². The average molecular weight is 576 g/mol. The van der Waals surface area contributed by atoms with Crippen molar-refractivity contribution in [2.45, 2.75) is 74.9 Å². The summed E-state index contributed by atoms with van der Waals surface area (Å²) in [6.07, 6.45) is 6.17. The van der Waals surface area contributed by atoms with Gasteiger partial charge in [-0.25, -0.2) is 12.7 Å². The Morgan fingerprint density at radius 1 is 0.829 bits per heavy atom. The molecule has 218 valence electrons. The van der Waals surface area contributed by atoms with Gasteiger partial charge in [-0.15, -0.1) is 0 Å². The smallest absolute Gasteiger partial charge is 0.243 e. The molecule has 41 heavy (non-hydrogen) atoms. The largest absolute Gasteiger partial charge is 0.352 e. The number of nitrogens with one attached hydrogen (secondary N) is 1. The number of nitrogens with zero attached hydrogens (tertiary/aromatic N) is 2. The molecule has 3 aromatic rings. The first-order valence-corrected chi connectivity index (χ1v) is 16.0. The molecule has 0 aromatic heterocycles. The molecule has 7 nitrogen and oxygen atoms in total. The Morgan fingerprint density at radius 3 is 2.00 bits per heavy atom. The van der Waals surface area contributed by atoms with Crippen molar-refractivity contribution in [2.75, 3.05) is 13.6 Å². The maximum absolute atomic E-state index is 13.9. The molecule has 0 saturated heterocycles. The second kappa shape index (κ2) is 14.9. The maximum Gasteiger partial charge on any atom is 0.243 e. The Morgan fingerprint density at radius 2 is 1.39 bits per heavy atom. The molecule has 1 N–H and O–H groups in total. The van der Waals surface area contributed by atoms with E-state index in [1.54, 1.807) is 35.2 Å². The standard InChI is InChI=1S/C33H41N3O4S/c1-35(41(39,40)30-21-12-5-13-22-30)24-14-23-32(37)36(26-28-17-8-3-9-18-28)31(25-27-15-6-2-7-16-27)33(38)34-29-19-10-4-11-20-29/h2-3,5-9,12-13,15-18,21-22,29,31H,4,10-11,14,19-20,23-26H2,1H3,(H,34,38)/t31-/m1/s1. The van der Waals surface area contributed by atoms with Gasteiger partial charge in [-0.1, -0.05) is 98.1 Å². The van der Waals surface area contributed by atoms with E-state index in [2.05, 4.69) is 5.32 Å². The molecule has 0 aliphatic heterocycles. The van der Waals surface area contributed by atoms with Gasteiger partial charge < -0.3 is 10.2 Å². The Kier molecular flexibility index (Phi) is 11.1. The number of benzene rings is 3. The third-order valence-electron chi connectivity index (χ3n) is 7.73. The molecule has 0 spiro atoms. The number of hydrogen-bond acceptors (Lipinski definition) is 4. The van der Waals surface area contributed by atoms with E-state index in [4.69, 9.17) is 0 Å². The molecule has 0 unspecified atom stereocenters. The zero-order valence-corrected chi connectivity index (χ0v) is 24.6. The first-order chi connectivity index (χ1) is 19.8. The van der Waals surface area contributed by atoms with Gasteiger partial charge in [-0.2, -0.15) is 0 Å². The second-order valence-electron chi connectivity index (χ2n) is 10.8. The van der Waals surface area contributed by atoms with E-state index in [1.165, 1.54) is 17.8 Å². The molecular weight excluding hydrogens is 534 g/mol. The summed E-state index contributed by atoms with van der Waals surface area (Å²) in [6, 6.07) is 27.2. The summed E-state index contributed by atoms with van der Waals surface area (Å²) in [4.78, 5) is 29.6. The highest BCUT2D eigenvalue weighted by Gasteiger charge is 2.32. The number of amides is 2. The fourth-order valence-corrected chi connectivity index (χ4v) is 6.60. The number of hydrogen-bond donors (Lipinski definition) is 1. The molecule has 1 saturated carbocycles. The Hall–Kier alpha value is -3.49. The van der Waals surface area contributed by atoms with Crippen LogP contribution in [0.1, 0.15) is 56.1 Å². The highest BCUT2D eigenvalue weighted by atomic mass is 32.2. The molecule has 8 heteroatoms. The van der Waals surface area contributed by atoms with Crippen LogP contribution in [-0.2, 0) is 32.6 Å². The molecular formula is C33H41N3O4S. The predicted octanol–water partition coefficient (Wildman–Crippen LogP) is 5.18. The van der Waals surface area contributed by atoms with Crippen molar-refractivity contribution in [3.05, 3.63) is 102 Å². The normalized spacial score (nSPS) is 14.9. The van der Waals surface area contributed by atoms with Crippen molar-refractivity contribution in [3.8, 4) is 0 Å². The van der Waals surface area contributed by atoms with Gasteiger partial charge in [-0.3, -0.25) is 9.59 Å². The Labute approximate surface area is 244 Å². The quantitative estimate of drug-likeness (QED) is 0.305. The van der Waals surface area contributed by atoms with Gasteiger partial charge in [0.1, 0.15) is 6.04 Å². The molecule has 1 aliphatic carbocycles. The molecule has 0 bridgehead atoms. The van der Waals surface area contributed by atoms with Gasteiger partial charge in [0.05, 0.1) is 4.90 Å². The van der Waals surface area contributed by atoms with E-state index < -0.39 is 16.1 Å². The van der Waals surface area contributed by atoms with Crippen LogP contribution in [0.4, 0.5) is 0 Å². The minimum atomic E-state index is -3.65. The molecule has 1 aliphatic rings. The van der Waals surface area contributed by atoms with Crippen molar-refractivity contribution >= 4 is 21.8 Å². The van der Waals surface area contributed by atoms with Gasteiger partial charge in [0.25, 0.3) is 0 Å². The fraction of sp³-hybridized carbons (Fsp3) is 0.394. The van der Waals surface area contributed by atoms with Gasteiger partial charge in [-0.05, 0) is 42.5 Å². The van der Waals surface area contributed by atoms with E-state index in [-0.39, 0.29) is 35.7 Å². The van der Waals surface area contributed by atoms with E-state index in [9.17, 15) is 18.0 Å². The summed E-state index contributed by atoms with van der Waals surface area (Å²) in [5, 5.41) is 3.25. The molecule has 0 heterocycles. The molecule has 3 aromatic carbocycles. The Balaban J connectivity index is 1.52. The first kappa shape index (κ1) is 30.5. The summed E-state index contributed by atoms with van der Waals surface area (Å²) in [7, 11) is -2.12. The molecule has 4 rings (SSSR count). The first-order valence-electron chi connectivity index (χ1n) is 14.5. The third-order valence-corrected chi connectivity index (χ3v) is 9.60. The van der Waals surface area contributed by atoms with Crippen molar-refractivity contribution in [3.63, 3.8) is 0 Å². The lowest BCUT2D eigenvalue weighted by molar-refractivity contribution is -0.141. The number of rotatable bonds is 13. The minimum Gasteiger partial charge on any atom is -0.352 e. The van der Waals surface area contributed by atoms with Gasteiger partial charge in [0, 0.05) is 39.0 Å². The zero-order chi connectivity index (χ0) is 29.1. The SMILES string of the molecule is CN(CCCC(=O)N(Cc1ccccc1)[C@H](Cc1ccccc1)C(=O)NC1CCCCC1)S(=O)(=O)c1ccccc1. The van der Waals surface area contributed by atoms with Crippen LogP contribution in [0.3, 0.4) is 0 Å². The van der Waals surface area contributed by atoms with Crippen LogP contribution < -0.4 is 5.32 Å². The van der Waals surface area contributed by atoms with E-state index >= 15 is 0 Å². The second-order valence-corrected chi connectivity index (χ2v) is 12.8. The molecule has 0 radical (unpaired) electrons. The summed E-state index contributed by atoms with van der Waals surface area (Å²) >= 11 is 0. The highest BCUT2D eigenvalue weighted by Crippen LogP contribution is 2.21. The van der Waals surface area contributed by atoms with Crippen LogP contribution in [0.5, 0.6) is 0 Å². The van der Waals surface area contributed by atoms with Crippen LogP contribution in [-0.4, -0.2) is 55.1 Å². The van der Waals surface area contributed by atoms with Gasteiger partial charge >= 0.3 is 0 Å². The van der Waals surface area contributed by atoms with Crippen LogP contribution in [0.2, 0.25) is 0 Å². The summed E-state index contributed by atoms with van der Waals surface area (Å²) in [6.45, 7) is 0.493. The lowest BCUT2D eigenvalue weighted by atomic mass is 9.94. The summed E-state index contributed by atoms with van der Waals surface area (Å²) in [5.41, 5.74) is 1.92. The monoisotopic (exact) mass is 575 g/mol. The maximum atomic E-state index is 13.9. The lowest BCUT2D eigenvalue weighted by Gasteiger charge is -2.33. The zero-order valence-electron chi connectivity index (χ0n) is 23.8. The summed E-state index contributed by atoms with van der Waals surface area (Å²) in [5.74, 6) is -0.298. The number of carbonyl (C=O) groups is 2. The van der Waals surface area contributed by atoms with Crippen LogP contribution in [0, 0.1) is 0 Å². The van der Waals surface area contributed by atoms with E-state index in [0.717, 1.165) is 36.8 Å². The summed E-state index contributed by atoms with van der Waals surface area (Å²) < 4.78 is 27.2. The van der Waals surface area contributed by atoms with Crippen molar-refractivity contribution in [1.29, 1.82) is 0 Å². The Bertz CT molecular complexity index is 1340. The van der Waals surface area contributed by atoms with E-state index in [0.29, 0.717) is 19.4 Å². The van der Waals surface area contributed by atoms with Crippen LogP contribution >= 0.6 is 0 Å².